The second kappa shape index (κ2) is 9.56. The second-order valence-electron chi connectivity index (χ2n) is 10.7. The highest BCUT2D eigenvalue weighted by molar-refractivity contribution is 5.87. The lowest BCUT2D eigenvalue weighted by Crippen LogP contribution is -2.52. The van der Waals surface area contributed by atoms with Crippen LogP contribution in [0.4, 0.5) is 0 Å². The van der Waals surface area contributed by atoms with Gasteiger partial charge in [0, 0.05) is 6.54 Å². The lowest BCUT2D eigenvalue weighted by atomic mass is 9.67. The van der Waals surface area contributed by atoms with Gasteiger partial charge >= 0.3 is 5.97 Å². The van der Waals surface area contributed by atoms with Crippen molar-refractivity contribution in [3.05, 3.63) is 65.2 Å². The van der Waals surface area contributed by atoms with Crippen molar-refractivity contribution in [1.82, 2.24) is 5.32 Å². The van der Waals surface area contributed by atoms with Crippen LogP contribution in [-0.4, -0.2) is 28.6 Å². The summed E-state index contributed by atoms with van der Waals surface area (Å²) in [7, 11) is 0. The molecule has 0 aliphatic rings. The van der Waals surface area contributed by atoms with Gasteiger partial charge in [-0.15, -0.1) is 0 Å². The van der Waals surface area contributed by atoms with Crippen molar-refractivity contribution < 1.29 is 19.8 Å². The summed E-state index contributed by atoms with van der Waals surface area (Å²) in [5.74, 6) is -1.79. The van der Waals surface area contributed by atoms with Crippen LogP contribution in [0.2, 0.25) is 0 Å². The zero-order chi connectivity index (χ0) is 25.2. The normalized spacial score (nSPS) is 15.1. The fraction of sp³-hybridized carbons (Fsp3) is 0.481. The standard InChI is InChI=1S/C27H38N2O4/c1-17(2)26(5,6)21-11-9-8-10-20(21)22(23(31)32)25(3,4)16-29-24(33)27(7,28)18-12-14-19(30)15-13-18/h8-15,17,22,30H,16,28H2,1-7H3,(H,29,33)(H,31,32)/t22?,27-/m0/s1. The summed E-state index contributed by atoms with van der Waals surface area (Å²) in [5.41, 5.74) is 6.27. The number of hydrogen-bond donors (Lipinski definition) is 4. The van der Waals surface area contributed by atoms with Crippen molar-refractivity contribution >= 4 is 11.9 Å². The average molecular weight is 455 g/mol. The number of benzene rings is 2. The van der Waals surface area contributed by atoms with Crippen LogP contribution in [0.25, 0.3) is 0 Å². The van der Waals surface area contributed by atoms with Gasteiger partial charge in [-0.1, -0.05) is 77.9 Å². The Kier molecular flexibility index (Phi) is 7.64. The number of hydrogen-bond acceptors (Lipinski definition) is 4. The van der Waals surface area contributed by atoms with E-state index in [0.29, 0.717) is 11.5 Å². The van der Waals surface area contributed by atoms with Crippen LogP contribution in [0.3, 0.4) is 0 Å². The maximum atomic E-state index is 13.0. The van der Waals surface area contributed by atoms with Gasteiger partial charge in [-0.25, -0.2) is 0 Å². The molecule has 0 spiro atoms. The van der Waals surface area contributed by atoms with Gasteiger partial charge in [0.05, 0.1) is 5.92 Å². The van der Waals surface area contributed by atoms with E-state index in [1.807, 2.05) is 38.1 Å². The van der Waals surface area contributed by atoms with Gasteiger partial charge < -0.3 is 21.3 Å². The highest BCUT2D eigenvalue weighted by Crippen LogP contribution is 2.42. The van der Waals surface area contributed by atoms with Gasteiger partial charge in [-0.3, -0.25) is 9.59 Å². The second-order valence-corrected chi connectivity index (χ2v) is 10.7. The minimum absolute atomic E-state index is 0.0865. The molecule has 180 valence electrons. The quantitative estimate of drug-likeness (QED) is 0.445. The minimum Gasteiger partial charge on any atom is -0.508 e. The number of carbonyl (C=O) groups excluding carboxylic acids is 1. The summed E-state index contributed by atoms with van der Waals surface area (Å²) in [6, 6.07) is 13.8. The summed E-state index contributed by atoms with van der Waals surface area (Å²) in [6.07, 6.45) is 0. The van der Waals surface area contributed by atoms with Gasteiger partial charge in [0.15, 0.2) is 0 Å². The van der Waals surface area contributed by atoms with Crippen LogP contribution < -0.4 is 11.1 Å². The summed E-state index contributed by atoms with van der Waals surface area (Å²) < 4.78 is 0. The number of nitrogens with two attached hydrogens (primary N) is 1. The number of nitrogens with one attached hydrogen (secondary N) is 1. The van der Waals surface area contributed by atoms with E-state index in [1.54, 1.807) is 19.1 Å². The summed E-state index contributed by atoms with van der Waals surface area (Å²) in [6.45, 7) is 13.9. The Bertz CT molecular complexity index is 991. The molecule has 0 aromatic heterocycles. The predicted molar refractivity (Wildman–Crippen MR) is 131 cm³/mol. The van der Waals surface area contributed by atoms with Gasteiger partial charge in [0.25, 0.3) is 0 Å². The van der Waals surface area contributed by atoms with E-state index in [9.17, 15) is 19.8 Å². The first-order chi connectivity index (χ1) is 15.1. The molecule has 0 saturated carbocycles. The molecule has 5 N–H and O–H groups in total. The molecule has 1 amide bonds. The fourth-order valence-electron chi connectivity index (χ4n) is 4.07. The first-order valence-corrected chi connectivity index (χ1v) is 11.3. The van der Waals surface area contributed by atoms with Gasteiger partial charge in [0.1, 0.15) is 11.3 Å². The highest BCUT2D eigenvalue weighted by atomic mass is 16.4. The molecule has 0 radical (unpaired) electrons. The molecule has 1 unspecified atom stereocenters. The van der Waals surface area contributed by atoms with E-state index in [1.165, 1.54) is 12.1 Å². The predicted octanol–water partition coefficient (Wildman–Crippen LogP) is 4.51. The van der Waals surface area contributed by atoms with Crippen LogP contribution in [0.5, 0.6) is 5.75 Å². The molecular formula is C27H38N2O4. The van der Waals surface area contributed by atoms with E-state index in [2.05, 4.69) is 33.0 Å². The van der Waals surface area contributed by atoms with E-state index in [4.69, 9.17) is 5.73 Å². The topological polar surface area (TPSA) is 113 Å². The number of carboxylic acids is 1. The van der Waals surface area contributed by atoms with Crippen molar-refractivity contribution in [3.8, 4) is 5.75 Å². The number of phenolic OH excluding ortho intramolecular Hbond substituents is 1. The van der Waals surface area contributed by atoms with Crippen molar-refractivity contribution in [2.45, 2.75) is 65.3 Å². The molecule has 0 saturated heterocycles. The zero-order valence-corrected chi connectivity index (χ0v) is 20.8. The van der Waals surface area contributed by atoms with Gasteiger partial charge in [0.2, 0.25) is 5.91 Å². The van der Waals surface area contributed by atoms with Crippen molar-refractivity contribution in [1.29, 1.82) is 0 Å². The molecule has 6 nitrogen and oxygen atoms in total. The van der Waals surface area contributed by atoms with E-state index in [0.717, 1.165) is 11.1 Å². The molecule has 33 heavy (non-hydrogen) atoms. The first-order valence-electron chi connectivity index (χ1n) is 11.3. The Hall–Kier alpha value is -2.86. The van der Waals surface area contributed by atoms with Crippen molar-refractivity contribution in [3.63, 3.8) is 0 Å². The van der Waals surface area contributed by atoms with E-state index in [-0.39, 0.29) is 17.7 Å². The monoisotopic (exact) mass is 454 g/mol. The highest BCUT2D eigenvalue weighted by Gasteiger charge is 2.41. The molecule has 2 aromatic carbocycles. The Balaban J connectivity index is 2.35. The number of phenols is 1. The Labute approximate surface area is 197 Å². The molecular weight excluding hydrogens is 416 g/mol. The molecule has 0 bridgehead atoms. The smallest absolute Gasteiger partial charge is 0.311 e. The molecule has 6 heteroatoms. The molecule has 0 aliphatic heterocycles. The number of aromatic hydroxyl groups is 1. The van der Waals surface area contributed by atoms with Crippen LogP contribution in [0.15, 0.2) is 48.5 Å². The zero-order valence-electron chi connectivity index (χ0n) is 20.8. The average Bonchev–Trinajstić information content (AvgIpc) is 2.72. The van der Waals surface area contributed by atoms with E-state index >= 15 is 0 Å². The third-order valence-electron chi connectivity index (χ3n) is 7.08. The fourth-order valence-corrected chi connectivity index (χ4v) is 4.07. The molecule has 0 heterocycles. The maximum absolute atomic E-state index is 13.0. The third kappa shape index (κ3) is 5.56. The van der Waals surface area contributed by atoms with Crippen molar-refractivity contribution in [2.24, 2.45) is 17.1 Å². The van der Waals surface area contributed by atoms with Gasteiger partial charge in [-0.05, 0) is 52.5 Å². The summed E-state index contributed by atoms with van der Waals surface area (Å²) >= 11 is 0. The van der Waals surface area contributed by atoms with Crippen molar-refractivity contribution in [2.75, 3.05) is 6.54 Å². The Morgan fingerprint density at radius 1 is 0.970 bits per heavy atom. The Morgan fingerprint density at radius 3 is 2.03 bits per heavy atom. The van der Waals surface area contributed by atoms with Crippen LogP contribution in [0.1, 0.15) is 71.1 Å². The van der Waals surface area contributed by atoms with E-state index < -0.39 is 28.7 Å². The molecule has 2 rings (SSSR count). The molecule has 0 aliphatic carbocycles. The minimum atomic E-state index is -1.33. The van der Waals surface area contributed by atoms with Gasteiger partial charge in [-0.2, -0.15) is 0 Å². The number of amides is 1. The molecule has 0 fully saturated rings. The first kappa shape index (κ1) is 26.4. The van der Waals surface area contributed by atoms with Crippen LogP contribution in [0, 0.1) is 11.3 Å². The Morgan fingerprint density at radius 2 is 1.52 bits per heavy atom. The molecule has 2 atom stereocenters. The number of carbonyl (C=O) groups is 2. The lowest BCUT2D eigenvalue weighted by Gasteiger charge is -2.38. The number of rotatable bonds is 9. The SMILES string of the molecule is CC(C)C(C)(C)c1ccccc1C(C(=O)O)C(C)(C)CNC(=O)[C@@](C)(N)c1ccc(O)cc1. The van der Waals surface area contributed by atoms with Crippen LogP contribution in [-0.2, 0) is 20.5 Å². The van der Waals surface area contributed by atoms with Crippen LogP contribution >= 0.6 is 0 Å². The lowest BCUT2D eigenvalue weighted by molar-refractivity contribution is -0.142. The molecule has 2 aromatic rings. The number of carboxylic acid groups (broad SMARTS) is 1. The summed E-state index contributed by atoms with van der Waals surface area (Å²) in [5, 5.41) is 22.6. The summed E-state index contributed by atoms with van der Waals surface area (Å²) in [4.78, 5) is 25.5. The maximum Gasteiger partial charge on any atom is 0.311 e. The number of aliphatic carboxylic acids is 1. The largest absolute Gasteiger partial charge is 0.508 e. The third-order valence-corrected chi connectivity index (χ3v) is 7.08.